The Morgan fingerprint density at radius 2 is 2.44 bits per heavy atom. The number of carbonyl (C=O) groups is 1. The van der Waals surface area contributed by atoms with Crippen LogP contribution in [0.1, 0.15) is 30.1 Å². The van der Waals surface area contributed by atoms with Gasteiger partial charge in [0, 0.05) is 19.1 Å². The van der Waals surface area contributed by atoms with Crippen LogP contribution in [0.5, 0.6) is 0 Å². The molecule has 1 aliphatic heterocycles. The smallest absolute Gasteiger partial charge is 0.255 e. The molecule has 0 aromatic carbocycles. The lowest BCUT2D eigenvalue weighted by Gasteiger charge is -2.17. The molecule has 0 radical (unpaired) electrons. The van der Waals surface area contributed by atoms with E-state index in [1.165, 1.54) is 11.5 Å². The van der Waals surface area contributed by atoms with Crippen LogP contribution in [0.2, 0.25) is 0 Å². The van der Waals surface area contributed by atoms with Gasteiger partial charge in [-0.25, -0.2) is 0 Å². The van der Waals surface area contributed by atoms with Gasteiger partial charge in [0.2, 0.25) is 0 Å². The molecule has 0 spiro atoms. The summed E-state index contributed by atoms with van der Waals surface area (Å²) in [6, 6.07) is 0. The fourth-order valence-corrected chi connectivity index (χ4v) is 2.99. The number of ether oxygens (including phenoxy) is 1. The van der Waals surface area contributed by atoms with E-state index in [4.69, 9.17) is 16.2 Å². The fraction of sp³-hybridized carbons (Fsp3) is 0.636. The molecule has 1 aromatic heterocycles. The highest BCUT2D eigenvalue weighted by atomic mass is 32.1. The molecule has 6 nitrogen and oxygen atoms in total. The lowest BCUT2D eigenvalue weighted by Crippen LogP contribution is -2.23. The number of nitrogens with one attached hydrogen (secondary N) is 1. The van der Waals surface area contributed by atoms with Gasteiger partial charge in [0.25, 0.3) is 5.91 Å². The summed E-state index contributed by atoms with van der Waals surface area (Å²) in [6.45, 7) is 3.67. The molecule has 1 aromatic rings. The van der Waals surface area contributed by atoms with Crippen LogP contribution in [0.3, 0.4) is 0 Å². The Labute approximate surface area is 110 Å². The molecule has 0 bridgehead atoms. The minimum absolute atomic E-state index is 0.199. The molecule has 1 amide bonds. The van der Waals surface area contributed by atoms with E-state index in [2.05, 4.69) is 16.6 Å². The largest absolute Gasteiger partial charge is 0.382 e. The monoisotopic (exact) mass is 270 g/mol. The fourth-order valence-electron chi connectivity index (χ4n) is 2.26. The summed E-state index contributed by atoms with van der Waals surface area (Å²) in [7, 11) is 0. The molecule has 2 atom stereocenters. The molecular weight excluding hydrogens is 252 g/mol. The van der Waals surface area contributed by atoms with E-state index in [1.54, 1.807) is 0 Å². The summed E-state index contributed by atoms with van der Waals surface area (Å²) in [5.41, 5.74) is 11.2. The van der Waals surface area contributed by atoms with Crippen molar-refractivity contribution in [1.82, 2.24) is 4.37 Å². The molecule has 1 saturated heterocycles. The molecule has 5 N–H and O–H groups in total. The van der Waals surface area contributed by atoms with Crippen LogP contribution in [0.25, 0.3) is 0 Å². The summed E-state index contributed by atoms with van der Waals surface area (Å²) in [5, 5.41) is 3.87. The second-order valence-electron chi connectivity index (χ2n) is 4.38. The minimum Gasteiger partial charge on any atom is -0.382 e. The van der Waals surface area contributed by atoms with Crippen LogP contribution in [0.4, 0.5) is 10.8 Å². The van der Waals surface area contributed by atoms with Crippen molar-refractivity contribution >= 4 is 28.3 Å². The van der Waals surface area contributed by atoms with Crippen molar-refractivity contribution in [1.29, 1.82) is 0 Å². The Bertz CT molecular complexity index is 435. The predicted octanol–water partition coefficient (Wildman–Crippen LogP) is 1.05. The summed E-state index contributed by atoms with van der Waals surface area (Å²) >= 11 is 1.17. The maximum Gasteiger partial charge on any atom is 0.255 e. The molecule has 2 unspecified atom stereocenters. The maximum atomic E-state index is 11.3. The van der Waals surface area contributed by atoms with Crippen LogP contribution < -0.4 is 16.8 Å². The Hall–Kier alpha value is -1.34. The molecule has 100 valence electrons. The number of hydrogen-bond donors (Lipinski definition) is 3. The van der Waals surface area contributed by atoms with Crippen molar-refractivity contribution in [2.24, 2.45) is 11.7 Å². The first-order valence-electron chi connectivity index (χ1n) is 6.03. The van der Waals surface area contributed by atoms with Crippen molar-refractivity contribution < 1.29 is 9.53 Å². The van der Waals surface area contributed by atoms with Gasteiger partial charge in [-0.3, -0.25) is 4.79 Å². The third-order valence-electron chi connectivity index (χ3n) is 3.24. The highest BCUT2D eigenvalue weighted by Crippen LogP contribution is 2.28. The summed E-state index contributed by atoms with van der Waals surface area (Å²) in [4.78, 5) is 11.3. The van der Waals surface area contributed by atoms with Gasteiger partial charge in [-0.05, 0) is 24.4 Å². The van der Waals surface area contributed by atoms with Crippen LogP contribution in [0, 0.1) is 5.92 Å². The molecule has 0 aliphatic carbocycles. The first-order valence-corrected chi connectivity index (χ1v) is 6.81. The average Bonchev–Trinajstić information content (AvgIpc) is 2.92. The molecular formula is C11H18N4O2S. The topological polar surface area (TPSA) is 103 Å². The highest BCUT2D eigenvalue weighted by Gasteiger charge is 2.27. The summed E-state index contributed by atoms with van der Waals surface area (Å²) in [6.07, 6.45) is 2.32. The third-order valence-corrected chi connectivity index (χ3v) is 4.06. The number of primary amides is 1. The van der Waals surface area contributed by atoms with E-state index in [-0.39, 0.29) is 5.82 Å². The van der Waals surface area contributed by atoms with Gasteiger partial charge in [-0.15, -0.1) is 0 Å². The van der Waals surface area contributed by atoms with Crippen molar-refractivity contribution in [3.8, 4) is 0 Å². The molecule has 0 saturated carbocycles. The zero-order valence-corrected chi connectivity index (χ0v) is 11.1. The minimum atomic E-state index is -0.543. The van der Waals surface area contributed by atoms with Gasteiger partial charge in [-0.1, -0.05) is 6.92 Å². The number of amides is 1. The first-order chi connectivity index (χ1) is 8.63. The molecule has 1 aliphatic rings. The SMILES string of the molecule is CCC1OCCC1CNc1snc(N)c1C(N)=O. The number of nitrogens with two attached hydrogens (primary N) is 2. The van der Waals surface area contributed by atoms with Crippen molar-refractivity contribution in [2.75, 3.05) is 24.2 Å². The average molecular weight is 270 g/mol. The Kier molecular flexibility index (Phi) is 4.03. The number of aromatic nitrogens is 1. The molecule has 18 heavy (non-hydrogen) atoms. The predicted molar refractivity (Wildman–Crippen MR) is 71.7 cm³/mol. The molecule has 1 fully saturated rings. The van der Waals surface area contributed by atoms with Gasteiger partial charge < -0.3 is 21.5 Å². The van der Waals surface area contributed by atoms with E-state index in [0.29, 0.717) is 22.6 Å². The van der Waals surface area contributed by atoms with E-state index < -0.39 is 5.91 Å². The summed E-state index contributed by atoms with van der Waals surface area (Å²) < 4.78 is 9.56. The van der Waals surface area contributed by atoms with E-state index in [0.717, 1.165) is 26.0 Å². The van der Waals surface area contributed by atoms with E-state index in [9.17, 15) is 4.79 Å². The van der Waals surface area contributed by atoms with Crippen LogP contribution in [0.15, 0.2) is 0 Å². The Morgan fingerprint density at radius 1 is 1.67 bits per heavy atom. The molecule has 7 heteroatoms. The van der Waals surface area contributed by atoms with Crippen molar-refractivity contribution in [3.05, 3.63) is 5.56 Å². The molecule has 2 rings (SSSR count). The number of anilines is 2. The zero-order valence-electron chi connectivity index (χ0n) is 10.3. The number of hydrogen-bond acceptors (Lipinski definition) is 6. The Morgan fingerprint density at radius 3 is 3.11 bits per heavy atom. The summed E-state index contributed by atoms with van der Waals surface area (Å²) in [5.74, 6) is 0.113. The van der Waals surface area contributed by atoms with Crippen LogP contribution in [-0.2, 0) is 4.74 Å². The molecule has 2 heterocycles. The number of nitrogen functional groups attached to an aromatic ring is 1. The second-order valence-corrected chi connectivity index (χ2v) is 5.16. The maximum absolute atomic E-state index is 11.3. The zero-order chi connectivity index (χ0) is 13.1. The normalized spacial score (nSPS) is 23.2. The lowest BCUT2D eigenvalue weighted by atomic mass is 10.00. The Balaban J connectivity index is 2.00. The van der Waals surface area contributed by atoms with Crippen molar-refractivity contribution in [2.45, 2.75) is 25.9 Å². The number of rotatable bonds is 5. The number of carbonyl (C=O) groups excluding carboxylic acids is 1. The van der Waals surface area contributed by atoms with Gasteiger partial charge in [0.1, 0.15) is 10.6 Å². The van der Waals surface area contributed by atoms with Gasteiger partial charge in [-0.2, -0.15) is 4.37 Å². The van der Waals surface area contributed by atoms with Crippen molar-refractivity contribution in [3.63, 3.8) is 0 Å². The lowest BCUT2D eigenvalue weighted by molar-refractivity contribution is 0.0900. The second kappa shape index (κ2) is 5.53. The van der Waals surface area contributed by atoms with E-state index >= 15 is 0 Å². The number of nitrogens with zero attached hydrogens (tertiary/aromatic N) is 1. The van der Waals surface area contributed by atoms with Gasteiger partial charge >= 0.3 is 0 Å². The first kappa shape index (κ1) is 13.1. The third kappa shape index (κ3) is 2.56. The standard InChI is InChI=1S/C11H18N4O2S/c1-2-7-6(3-4-17-7)5-14-11-8(10(13)16)9(12)15-18-11/h6-7,14H,2-5H2,1H3,(H2,12,15)(H2,13,16). The van der Waals surface area contributed by atoms with Gasteiger partial charge in [0.15, 0.2) is 5.82 Å². The highest BCUT2D eigenvalue weighted by molar-refractivity contribution is 7.11. The van der Waals surface area contributed by atoms with Crippen LogP contribution >= 0.6 is 11.5 Å². The quantitative estimate of drug-likeness (QED) is 0.742. The van der Waals surface area contributed by atoms with Gasteiger partial charge in [0.05, 0.1) is 6.10 Å². The van der Waals surface area contributed by atoms with Crippen LogP contribution in [-0.4, -0.2) is 29.5 Å². The van der Waals surface area contributed by atoms with E-state index in [1.807, 2.05) is 0 Å².